The van der Waals surface area contributed by atoms with Gasteiger partial charge < -0.3 is 10.5 Å². The summed E-state index contributed by atoms with van der Waals surface area (Å²) in [5, 5.41) is 10.3. The summed E-state index contributed by atoms with van der Waals surface area (Å²) in [5.74, 6) is -1.31. The lowest BCUT2D eigenvalue weighted by atomic mass is 10.2. The number of rotatable bonds is 5. The third-order valence-corrected chi connectivity index (χ3v) is 6.76. The largest absolute Gasteiger partial charge is 0.460 e. The fraction of sp³-hybridized carbons (Fsp3) is 0.267. The molecule has 1 saturated heterocycles. The number of non-ortho nitro benzene ring substituents is 1. The Hall–Kier alpha value is -2.60. The molecule has 0 aliphatic carbocycles. The van der Waals surface area contributed by atoms with Crippen LogP contribution in [-0.2, 0) is 4.74 Å². The predicted octanol–water partition coefficient (Wildman–Crippen LogP) is 2.03. The molecule has 1 aliphatic rings. The molecule has 1 aromatic heterocycles. The van der Waals surface area contributed by atoms with Crippen LogP contribution in [-0.4, -0.2) is 37.4 Å². The van der Waals surface area contributed by atoms with Crippen molar-refractivity contribution in [1.82, 2.24) is 9.55 Å². The van der Waals surface area contributed by atoms with Crippen molar-refractivity contribution < 1.29 is 18.8 Å². The van der Waals surface area contributed by atoms with Crippen LogP contribution in [0.15, 0.2) is 35.3 Å². The zero-order chi connectivity index (χ0) is 19.6. The van der Waals surface area contributed by atoms with E-state index in [0.717, 1.165) is 6.20 Å². The maximum Gasteiger partial charge on any atom is 0.350 e. The smallest absolute Gasteiger partial charge is 0.350 e. The van der Waals surface area contributed by atoms with Gasteiger partial charge in [-0.25, -0.2) is 14.0 Å². The van der Waals surface area contributed by atoms with E-state index in [2.05, 4.69) is 4.98 Å². The second-order valence-electron chi connectivity index (χ2n) is 5.42. The molecule has 0 bridgehead atoms. The molecule has 0 radical (unpaired) electrons. The molecule has 0 unspecified atom stereocenters. The molecule has 1 aliphatic heterocycles. The second-order valence-corrected chi connectivity index (χ2v) is 8.34. The number of halogens is 1. The second kappa shape index (κ2) is 7.96. The average Bonchev–Trinajstić information content (AvgIpc) is 3.11. The van der Waals surface area contributed by atoms with E-state index in [-0.39, 0.29) is 27.8 Å². The summed E-state index contributed by atoms with van der Waals surface area (Å²) < 4.78 is 19.8. The van der Waals surface area contributed by atoms with Gasteiger partial charge in [-0.1, -0.05) is 0 Å². The Labute approximate surface area is 160 Å². The Morgan fingerprint density at radius 2 is 2.15 bits per heavy atom. The van der Waals surface area contributed by atoms with Crippen molar-refractivity contribution in [1.29, 1.82) is 0 Å². The topological polar surface area (TPSA) is 130 Å². The van der Waals surface area contributed by atoms with Crippen LogP contribution in [0.1, 0.15) is 15.7 Å². The molecular weight excluding hydrogens is 399 g/mol. The Kier molecular flexibility index (Phi) is 5.65. The zero-order valence-electron chi connectivity index (χ0n) is 13.6. The summed E-state index contributed by atoms with van der Waals surface area (Å²) in [7, 11) is 0. The summed E-state index contributed by atoms with van der Waals surface area (Å²) >= 11 is 2.81. The number of esters is 1. The Morgan fingerprint density at radius 3 is 2.81 bits per heavy atom. The van der Waals surface area contributed by atoms with E-state index in [1.54, 1.807) is 0 Å². The highest BCUT2D eigenvalue weighted by Crippen LogP contribution is 2.43. The molecule has 2 aromatic rings. The van der Waals surface area contributed by atoms with Crippen molar-refractivity contribution in [3.05, 3.63) is 62.4 Å². The van der Waals surface area contributed by atoms with Gasteiger partial charge in [-0.15, -0.1) is 23.5 Å². The van der Waals surface area contributed by atoms with Gasteiger partial charge in [0.15, 0.2) is 11.6 Å². The molecule has 1 fully saturated rings. The molecule has 2 atom stereocenters. The van der Waals surface area contributed by atoms with Gasteiger partial charge in [0.1, 0.15) is 6.61 Å². The van der Waals surface area contributed by atoms with E-state index in [1.165, 1.54) is 52.4 Å². The Morgan fingerprint density at radius 1 is 1.44 bits per heavy atom. The standard InChI is InChI=1S/C15H13FN4O5S2/c16-10-5-19(15(22)18-13(10)17)11-7-26-12(27-11)6-25-14(21)8-1-3-9(4-2-8)20(23)24/h1-5,11-12H,6-7H2,(H2,17,18,22)/t11-,12+/m1/s1. The predicted molar refractivity (Wildman–Crippen MR) is 99.1 cm³/mol. The lowest BCUT2D eigenvalue weighted by Crippen LogP contribution is -2.27. The monoisotopic (exact) mass is 412 g/mol. The first kappa shape index (κ1) is 19.2. The van der Waals surface area contributed by atoms with Gasteiger partial charge in [-0.2, -0.15) is 4.98 Å². The summed E-state index contributed by atoms with van der Waals surface area (Å²) in [6.45, 7) is 0.0707. The molecule has 12 heteroatoms. The summed E-state index contributed by atoms with van der Waals surface area (Å²) in [4.78, 5) is 37.4. The van der Waals surface area contributed by atoms with Gasteiger partial charge in [0.25, 0.3) is 5.69 Å². The number of thioether (sulfide) groups is 2. The number of hydrogen-bond donors (Lipinski definition) is 1. The van der Waals surface area contributed by atoms with E-state index in [9.17, 15) is 24.1 Å². The van der Waals surface area contributed by atoms with Gasteiger partial charge in [0, 0.05) is 24.1 Å². The maximum absolute atomic E-state index is 13.6. The maximum atomic E-state index is 13.6. The number of benzene rings is 1. The van der Waals surface area contributed by atoms with Crippen LogP contribution in [0.3, 0.4) is 0 Å². The fourth-order valence-corrected chi connectivity index (χ4v) is 5.25. The molecule has 142 valence electrons. The molecule has 2 heterocycles. The molecule has 3 rings (SSSR count). The quantitative estimate of drug-likeness (QED) is 0.445. The number of nitrogen functional groups attached to an aromatic ring is 1. The highest BCUT2D eigenvalue weighted by molar-refractivity contribution is 8.20. The van der Waals surface area contributed by atoms with Crippen LogP contribution in [0.25, 0.3) is 0 Å². The van der Waals surface area contributed by atoms with E-state index in [1.807, 2.05) is 0 Å². The first-order valence-corrected chi connectivity index (χ1v) is 9.57. The van der Waals surface area contributed by atoms with E-state index >= 15 is 0 Å². The first-order valence-electron chi connectivity index (χ1n) is 7.58. The zero-order valence-corrected chi connectivity index (χ0v) is 15.2. The van der Waals surface area contributed by atoms with Crippen molar-refractivity contribution in [2.75, 3.05) is 18.1 Å². The van der Waals surface area contributed by atoms with Crippen molar-refractivity contribution >= 4 is 41.0 Å². The van der Waals surface area contributed by atoms with Gasteiger partial charge in [-0.05, 0) is 12.1 Å². The molecule has 2 N–H and O–H groups in total. The Bertz CT molecular complexity index is 937. The molecular formula is C15H13FN4O5S2. The van der Waals surface area contributed by atoms with Crippen molar-refractivity contribution in [2.45, 2.75) is 9.96 Å². The normalized spacial score (nSPS) is 19.0. The van der Waals surface area contributed by atoms with Crippen molar-refractivity contribution in [2.24, 2.45) is 0 Å². The number of nitrogens with zero attached hydrogens (tertiary/aromatic N) is 3. The van der Waals surface area contributed by atoms with Crippen molar-refractivity contribution in [3.8, 4) is 0 Å². The fourth-order valence-electron chi connectivity index (χ4n) is 2.29. The molecule has 9 nitrogen and oxygen atoms in total. The number of hydrogen-bond acceptors (Lipinski definition) is 9. The van der Waals surface area contributed by atoms with Gasteiger partial charge >= 0.3 is 11.7 Å². The average molecular weight is 412 g/mol. The van der Waals surface area contributed by atoms with Gasteiger partial charge in [0.05, 0.1) is 20.4 Å². The third-order valence-electron chi connectivity index (χ3n) is 3.64. The minimum atomic E-state index is -0.770. The van der Waals surface area contributed by atoms with Crippen LogP contribution in [0.2, 0.25) is 0 Å². The van der Waals surface area contributed by atoms with Crippen LogP contribution in [0.4, 0.5) is 15.9 Å². The number of carbonyl (C=O) groups is 1. The number of nitro benzene ring substituents is 1. The SMILES string of the molecule is Nc1nc(=O)n([C@H]2CS[C@H](COC(=O)c3ccc([N+](=O)[O-])cc3)S2)cc1F. The number of nitrogens with two attached hydrogens (primary N) is 1. The first-order chi connectivity index (χ1) is 12.8. The number of carbonyl (C=O) groups excluding carboxylic acids is 1. The lowest BCUT2D eigenvalue weighted by Gasteiger charge is -2.13. The molecule has 1 aromatic carbocycles. The molecule has 0 spiro atoms. The third kappa shape index (κ3) is 4.39. The van der Waals surface area contributed by atoms with Crippen LogP contribution >= 0.6 is 23.5 Å². The Balaban J connectivity index is 1.57. The summed E-state index contributed by atoms with van der Waals surface area (Å²) in [5.41, 5.74) is 4.71. The highest BCUT2D eigenvalue weighted by Gasteiger charge is 2.30. The number of aromatic nitrogens is 2. The van der Waals surface area contributed by atoms with E-state index < -0.39 is 28.2 Å². The molecule has 0 saturated carbocycles. The summed E-state index contributed by atoms with van der Waals surface area (Å²) in [6.07, 6.45) is 1.02. The number of anilines is 1. The number of nitro groups is 1. The van der Waals surface area contributed by atoms with Crippen LogP contribution in [0.5, 0.6) is 0 Å². The lowest BCUT2D eigenvalue weighted by molar-refractivity contribution is -0.384. The summed E-state index contributed by atoms with van der Waals surface area (Å²) in [6, 6.07) is 5.09. The molecule has 0 amide bonds. The highest BCUT2D eigenvalue weighted by atomic mass is 32.2. The van der Waals surface area contributed by atoms with Gasteiger partial charge in [0.2, 0.25) is 0 Å². The van der Waals surface area contributed by atoms with E-state index in [0.29, 0.717) is 5.75 Å². The minimum absolute atomic E-state index is 0.0707. The molecule has 27 heavy (non-hydrogen) atoms. The van der Waals surface area contributed by atoms with Crippen LogP contribution in [0, 0.1) is 15.9 Å². The minimum Gasteiger partial charge on any atom is -0.460 e. The van der Waals surface area contributed by atoms with Gasteiger partial charge in [-0.3, -0.25) is 14.7 Å². The van der Waals surface area contributed by atoms with Crippen molar-refractivity contribution in [3.63, 3.8) is 0 Å². The van der Waals surface area contributed by atoms with Crippen LogP contribution < -0.4 is 11.4 Å². The van der Waals surface area contributed by atoms with E-state index in [4.69, 9.17) is 10.5 Å². The number of ether oxygens (including phenoxy) is 1.